The van der Waals surface area contributed by atoms with Crippen LogP contribution in [-0.4, -0.2) is 28.6 Å². The van der Waals surface area contributed by atoms with Gasteiger partial charge in [0.2, 0.25) is 0 Å². The van der Waals surface area contributed by atoms with Crippen LogP contribution < -0.4 is 10.6 Å². The van der Waals surface area contributed by atoms with Gasteiger partial charge in [-0.25, -0.2) is 4.99 Å². The molecule has 0 saturated heterocycles. The Hall–Kier alpha value is -2.60. The van der Waals surface area contributed by atoms with Crippen molar-refractivity contribution in [1.82, 2.24) is 10.6 Å². The predicted octanol–water partition coefficient (Wildman–Crippen LogP) is 2.79. The lowest BCUT2D eigenvalue weighted by atomic mass is 9.96. The Balaban J connectivity index is 1.70. The van der Waals surface area contributed by atoms with Gasteiger partial charge in [-0.1, -0.05) is 30.4 Å². The van der Waals surface area contributed by atoms with Crippen molar-refractivity contribution in [3.63, 3.8) is 0 Å². The van der Waals surface area contributed by atoms with Crippen molar-refractivity contribution >= 4 is 34.8 Å². The molecule has 1 amide bonds. The molecule has 0 radical (unpaired) electrons. The lowest BCUT2D eigenvalue weighted by Crippen LogP contribution is -2.42. The molecule has 6 heteroatoms. The Labute approximate surface area is 152 Å². The number of hydrogen-bond donors (Lipinski definition) is 2. The monoisotopic (exact) mass is 352 g/mol. The highest BCUT2D eigenvalue weighted by Gasteiger charge is 2.24. The van der Waals surface area contributed by atoms with Crippen molar-refractivity contribution in [2.75, 3.05) is 0 Å². The number of amidine groups is 1. The highest BCUT2D eigenvalue weighted by molar-refractivity contribution is 7.80. The highest BCUT2D eigenvalue weighted by atomic mass is 32.1. The first kappa shape index (κ1) is 17.2. The van der Waals surface area contributed by atoms with Gasteiger partial charge in [0.15, 0.2) is 5.11 Å². The number of amides is 1. The van der Waals surface area contributed by atoms with Gasteiger partial charge in [-0.2, -0.15) is 0 Å². The van der Waals surface area contributed by atoms with Crippen molar-refractivity contribution in [1.29, 1.82) is 0 Å². The molecular formula is C19H20N4OS. The molecule has 1 atom stereocenters. The standard InChI is InChI=1S/C19H20N4OS/c1-12(2)21-18(24)14-9-7-13(8-10-14)11-20-17-15-5-3-4-6-16(15)22-19(25)23-17/h3-10,12,15H,11H2,1-2H3,(H,21,24)(H,20,23,25). The Kier molecular flexibility index (Phi) is 5.19. The number of carbonyl (C=O) groups is 1. The van der Waals surface area contributed by atoms with Crippen LogP contribution in [0.2, 0.25) is 0 Å². The quantitative estimate of drug-likeness (QED) is 0.819. The van der Waals surface area contributed by atoms with E-state index >= 15 is 0 Å². The van der Waals surface area contributed by atoms with E-state index in [1.54, 1.807) is 0 Å². The molecule has 2 aliphatic rings. The summed E-state index contributed by atoms with van der Waals surface area (Å²) < 4.78 is 0. The van der Waals surface area contributed by atoms with E-state index in [-0.39, 0.29) is 17.9 Å². The Morgan fingerprint density at radius 1 is 1.32 bits per heavy atom. The highest BCUT2D eigenvalue weighted by Crippen LogP contribution is 2.16. The third-order valence-electron chi connectivity index (χ3n) is 3.83. The van der Waals surface area contributed by atoms with Gasteiger partial charge in [0, 0.05) is 11.6 Å². The van der Waals surface area contributed by atoms with Gasteiger partial charge < -0.3 is 10.6 Å². The molecule has 1 aliphatic heterocycles. The second-order valence-electron chi connectivity index (χ2n) is 6.22. The maximum atomic E-state index is 12.0. The summed E-state index contributed by atoms with van der Waals surface area (Å²) in [5, 5.41) is 6.40. The smallest absolute Gasteiger partial charge is 0.251 e. The zero-order chi connectivity index (χ0) is 17.8. The molecule has 2 N–H and O–H groups in total. The molecule has 128 valence electrons. The number of aliphatic imine (C=N–C) groups is 2. The summed E-state index contributed by atoms with van der Waals surface area (Å²) in [6.45, 7) is 4.39. The van der Waals surface area contributed by atoms with Gasteiger partial charge in [-0.05, 0) is 49.8 Å². The number of nitrogens with one attached hydrogen (secondary N) is 2. The minimum atomic E-state index is -0.0628. The maximum absolute atomic E-state index is 12.0. The number of carbonyl (C=O) groups excluding carboxylic acids is 1. The van der Waals surface area contributed by atoms with Crippen LogP contribution in [-0.2, 0) is 6.54 Å². The molecule has 0 fully saturated rings. The number of hydrogen-bond acceptors (Lipinski definition) is 3. The lowest BCUT2D eigenvalue weighted by molar-refractivity contribution is 0.0943. The van der Waals surface area contributed by atoms with Crippen LogP contribution in [0.4, 0.5) is 0 Å². The second kappa shape index (κ2) is 7.53. The second-order valence-corrected chi connectivity index (χ2v) is 6.60. The fourth-order valence-corrected chi connectivity index (χ4v) is 2.83. The lowest BCUT2D eigenvalue weighted by Gasteiger charge is -2.24. The van der Waals surface area contributed by atoms with E-state index in [4.69, 9.17) is 12.2 Å². The predicted molar refractivity (Wildman–Crippen MR) is 105 cm³/mol. The van der Waals surface area contributed by atoms with Crippen LogP contribution >= 0.6 is 12.2 Å². The average molecular weight is 352 g/mol. The summed E-state index contributed by atoms with van der Waals surface area (Å²) >= 11 is 5.18. The Morgan fingerprint density at radius 3 is 2.80 bits per heavy atom. The number of nitrogens with zero attached hydrogens (tertiary/aromatic N) is 2. The molecule has 1 aliphatic carbocycles. The molecule has 1 aromatic carbocycles. The molecule has 1 heterocycles. The van der Waals surface area contributed by atoms with Gasteiger partial charge in [0.25, 0.3) is 5.91 Å². The van der Waals surface area contributed by atoms with Gasteiger partial charge >= 0.3 is 0 Å². The van der Waals surface area contributed by atoms with Crippen LogP contribution in [0.5, 0.6) is 0 Å². The van der Waals surface area contributed by atoms with Crippen LogP contribution in [0, 0.1) is 5.92 Å². The fraction of sp³-hybridized carbons (Fsp3) is 0.263. The van der Waals surface area contributed by atoms with Crippen LogP contribution in [0.25, 0.3) is 0 Å². The minimum absolute atomic E-state index is 0.0211. The van der Waals surface area contributed by atoms with Gasteiger partial charge in [-0.3, -0.25) is 9.79 Å². The third kappa shape index (κ3) is 4.28. The van der Waals surface area contributed by atoms with E-state index in [0.29, 0.717) is 17.2 Å². The molecule has 0 aromatic heterocycles. The summed E-state index contributed by atoms with van der Waals surface area (Å²) in [4.78, 5) is 21.0. The molecule has 1 aromatic rings. The SMILES string of the molecule is CC(C)NC(=O)c1ccc(CN=C2NC(=S)N=C3C=CC=CC32)cc1. The maximum Gasteiger partial charge on any atom is 0.251 e. The van der Waals surface area contributed by atoms with E-state index in [9.17, 15) is 4.79 Å². The molecular weight excluding hydrogens is 332 g/mol. The van der Waals surface area contributed by atoms with Gasteiger partial charge in [0.1, 0.15) is 5.84 Å². The Morgan fingerprint density at radius 2 is 2.08 bits per heavy atom. The zero-order valence-corrected chi connectivity index (χ0v) is 15.0. The van der Waals surface area contributed by atoms with Crippen LogP contribution in [0.3, 0.4) is 0 Å². The number of rotatable bonds is 4. The van der Waals surface area contributed by atoms with Crippen molar-refractivity contribution in [2.45, 2.75) is 26.4 Å². The molecule has 0 bridgehead atoms. The van der Waals surface area contributed by atoms with Crippen molar-refractivity contribution < 1.29 is 4.79 Å². The molecule has 5 nitrogen and oxygen atoms in total. The first-order valence-electron chi connectivity index (χ1n) is 8.21. The van der Waals surface area contributed by atoms with E-state index in [1.807, 2.05) is 62.4 Å². The van der Waals surface area contributed by atoms with Crippen molar-refractivity contribution in [3.8, 4) is 0 Å². The first-order chi connectivity index (χ1) is 12.0. The largest absolute Gasteiger partial charge is 0.350 e. The van der Waals surface area contributed by atoms with Gasteiger partial charge in [-0.15, -0.1) is 0 Å². The van der Waals surface area contributed by atoms with E-state index in [2.05, 4.69) is 20.6 Å². The summed E-state index contributed by atoms with van der Waals surface area (Å²) in [7, 11) is 0. The normalized spacial score (nSPS) is 20.3. The summed E-state index contributed by atoms with van der Waals surface area (Å²) in [5.74, 6) is 0.761. The Bertz CT molecular complexity index is 803. The van der Waals surface area contributed by atoms with Crippen molar-refractivity contribution in [3.05, 3.63) is 59.7 Å². The number of allylic oxidation sites excluding steroid dienone is 3. The van der Waals surface area contributed by atoms with Crippen LogP contribution in [0.1, 0.15) is 29.8 Å². The molecule has 0 saturated carbocycles. The zero-order valence-electron chi connectivity index (χ0n) is 14.2. The fourth-order valence-electron chi connectivity index (χ4n) is 2.62. The van der Waals surface area contributed by atoms with Crippen LogP contribution in [0.15, 0.2) is 58.6 Å². The molecule has 1 unspecified atom stereocenters. The van der Waals surface area contributed by atoms with E-state index in [1.165, 1.54) is 0 Å². The summed E-state index contributed by atoms with van der Waals surface area (Å²) in [5.41, 5.74) is 2.59. The number of benzene rings is 1. The van der Waals surface area contributed by atoms with E-state index in [0.717, 1.165) is 17.1 Å². The van der Waals surface area contributed by atoms with E-state index < -0.39 is 0 Å². The third-order valence-corrected chi connectivity index (χ3v) is 4.02. The molecule has 0 spiro atoms. The summed E-state index contributed by atoms with van der Waals surface area (Å²) in [6, 6.07) is 7.61. The molecule has 3 rings (SSSR count). The van der Waals surface area contributed by atoms with Crippen molar-refractivity contribution in [2.24, 2.45) is 15.9 Å². The first-order valence-corrected chi connectivity index (χ1v) is 8.62. The number of fused-ring (bicyclic) bond motifs is 1. The van der Waals surface area contributed by atoms with Gasteiger partial charge in [0.05, 0.1) is 18.2 Å². The molecule has 25 heavy (non-hydrogen) atoms. The average Bonchev–Trinajstić information content (AvgIpc) is 2.59. The topological polar surface area (TPSA) is 65.8 Å². The minimum Gasteiger partial charge on any atom is -0.350 e. The summed E-state index contributed by atoms with van der Waals surface area (Å²) in [6.07, 6.45) is 7.93. The number of thiocarbonyl (C=S) groups is 1.